The summed E-state index contributed by atoms with van der Waals surface area (Å²) < 4.78 is 25.6. The van der Waals surface area contributed by atoms with E-state index in [2.05, 4.69) is 15.0 Å². The molecule has 8 heteroatoms. The molecule has 1 unspecified atom stereocenters. The molecule has 0 spiro atoms. The van der Waals surface area contributed by atoms with Crippen LogP contribution in [0.5, 0.6) is 0 Å². The molecule has 0 amide bonds. The summed E-state index contributed by atoms with van der Waals surface area (Å²) >= 11 is 0. The highest BCUT2D eigenvalue weighted by Gasteiger charge is 2.26. The lowest BCUT2D eigenvalue weighted by atomic mass is 9.87. The molecular formula is C10H20N4O3S. The summed E-state index contributed by atoms with van der Waals surface area (Å²) in [5.41, 5.74) is 0.174. The molecule has 0 bridgehead atoms. The molecule has 0 aromatic carbocycles. The van der Waals surface area contributed by atoms with Crippen molar-refractivity contribution in [1.82, 2.24) is 19.7 Å². The zero-order valence-corrected chi connectivity index (χ0v) is 11.9. The molecule has 0 aliphatic heterocycles. The third-order valence-electron chi connectivity index (χ3n) is 2.36. The molecule has 1 rings (SSSR count). The van der Waals surface area contributed by atoms with Gasteiger partial charge < -0.3 is 5.11 Å². The Hall–Kier alpha value is -0.990. The Labute approximate surface area is 107 Å². The first kappa shape index (κ1) is 15.1. The highest BCUT2D eigenvalue weighted by molar-refractivity contribution is 7.88. The zero-order valence-electron chi connectivity index (χ0n) is 11.1. The van der Waals surface area contributed by atoms with E-state index in [1.165, 1.54) is 4.68 Å². The second-order valence-corrected chi connectivity index (χ2v) is 7.17. The minimum Gasteiger partial charge on any atom is -0.386 e. The van der Waals surface area contributed by atoms with Crippen LogP contribution in [0.2, 0.25) is 0 Å². The summed E-state index contributed by atoms with van der Waals surface area (Å²) in [5.74, 6) is 0. The van der Waals surface area contributed by atoms with Gasteiger partial charge in [-0.2, -0.15) is 0 Å². The van der Waals surface area contributed by atoms with Crippen molar-refractivity contribution in [3.8, 4) is 0 Å². The van der Waals surface area contributed by atoms with Crippen LogP contribution in [-0.4, -0.2) is 41.3 Å². The average molecular weight is 276 g/mol. The molecule has 7 nitrogen and oxygen atoms in total. The van der Waals surface area contributed by atoms with Crippen LogP contribution in [0.15, 0.2) is 6.20 Å². The van der Waals surface area contributed by atoms with Gasteiger partial charge in [-0.05, 0) is 5.41 Å². The van der Waals surface area contributed by atoms with Gasteiger partial charge in [0.25, 0.3) is 0 Å². The molecule has 18 heavy (non-hydrogen) atoms. The normalized spacial score (nSPS) is 14.7. The maximum atomic E-state index is 10.9. The van der Waals surface area contributed by atoms with Crippen LogP contribution in [0.25, 0.3) is 0 Å². The molecule has 0 fully saturated rings. The van der Waals surface area contributed by atoms with Crippen LogP contribution >= 0.6 is 0 Å². The third kappa shape index (κ3) is 4.71. The van der Waals surface area contributed by atoms with Gasteiger partial charge in [-0.1, -0.05) is 26.0 Å². The standard InChI is InChI=1S/C10H20N4O3S/c1-10(2,3)9(15)8-7-14(13-12-8)6-5-11-18(4,16)17/h7,9,11,15H,5-6H2,1-4H3. The van der Waals surface area contributed by atoms with E-state index in [0.717, 1.165) is 6.26 Å². The van der Waals surface area contributed by atoms with Crippen molar-refractivity contribution in [3.05, 3.63) is 11.9 Å². The lowest BCUT2D eigenvalue weighted by Crippen LogP contribution is -2.26. The van der Waals surface area contributed by atoms with Gasteiger partial charge in [-0.25, -0.2) is 13.1 Å². The first-order valence-electron chi connectivity index (χ1n) is 5.62. The van der Waals surface area contributed by atoms with E-state index in [1.54, 1.807) is 6.20 Å². The number of rotatable bonds is 5. The van der Waals surface area contributed by atoms with Crippen molar-refractivity contribution in [1.29, 1.82) is 0 Å². The van der Waals surface area contributed by atoms with E-state index in [4.69, 9.17) is 0 Å². The van der Waals surface area contributed by atoms with E-state index >= 15 is 0 Å². The van der Waals surface area contributed by atoms with Gasteiger partial charge in [-0.3, -0.25) is 4.68 Å². The average Bonchev–Trinajstić information content (AvgIpc) is 2.61. The van der Waals surface area contributed by atoms with Gasteiger partial charge in [0.2, 0.25) is 10.0 Å². The summed E-state index contributed by atoms with van der Waals surface area (Å²) in [6.45, 7) is 6.33. The fraction of sp³-hybridized carbons (Fsp3) is 0.800. The van der Waals surface area contributed by atoms with Crippen molar-refractivity contribution in [2.75, 3.05) is 12.8 Å². The first-order chi connectivity index (χ1) is 8.09. The predicted octanol–water partition coefficient (Wildman–Crippen LogP) is -0.0932. The van der Waals surface area contributed by atoms with Crippen molar-refractivity contribution in [2.45, 2.75) is 33.4 Å². The summed E-state index contributed by atoms with van der Waals surface area (Å²) in [6.07, 6.45) is 2.03. The SMILES string of the molecule is CC(C)(C)C(O)c1cn(CCNS(C)(=O)=O)nn1. The molecule has 0 aliphatic carbocycles. The lowest BCUT2D eigenvalue weighted by molar-refractivity contribution is 0.0588. The van der Waals surface area contributed by atoms with Gasteiger partial charge >= 0.3 is 0 Å². The Morgan fingerprint density at radius 2 is 2.11 bits per heavy atom. The fourth-order valence-electron chi connectivity index (χ4n) is 1.34. The molecule has 1 aromatic rings. The van der Waals surface area contributed by atoms with Gasteiger partial charge in [0, 0.05) is 6.54 Å². The Balaban J connectivity index is 2.59. The van der Waals surface area contributed by atoms with Crippen LogP contribution in [0, 0.1) is 5.41 Å². The predicted molar refractivity (Wildman–Crippen MR) is 67.3 cm³/mol. The van der Waals surface area contributed by atoms with Gasteiger partial charge in [0.15, 0.2) is 0 Å². The number of aliphatic hydroxyl groups is 1. The van der Waals surface area contributed by atoms with Crippen LogP contribution in [0.1, 0.15) is 32.6 Å². The lowest BCUT2D eigenvalue weighted by Gasteiger charge is -2.23. The van der Waals surface area contributed by atoms with Crippen molar-refractivity contribution in [2.24, 2.45) is 5.41 Å². The number of aliphatic hydroxyl groups excluding tert-OH is 1. The van der Waals surface area contributed by atoms with E-state index in [9.17, 15) is 13.5 Å². The smallest absolute Gasteiger partial charge is 0.208 e. The van der Waals surface area contributed by atoms with Crippen LogP contribution in [0.3, 0.4) is 0 Å². The van der Waals surface area contributed by atoms with Gasteiger partial charge in [0.05, 0.1) is 19.0 Å². The monoisotopic (exact) mass is 276 g/mol. The number of nitrogens with one attached hydrogen (secondary N) is 1. The Morgan fingerprint density at radius 3 is 2.61 bits per heavy atom. The molecule has 0 aliphatic rings. The summed E-state index contributed by atoms with van der Waals surface area (Å²) in [4.78, 5) is 0. The van der Waals surface area contributed by atoms with E-state index in [1.807, 2.05) is 20.8 Å². The van der Waals surface area contributed by atoms with Crippen molar-refractivity contribution in [3.63, 3.8) is 0 Å². The molecule has 104 valence electrons. The maximum Gasteiger partial charge on any atom is 0.208 e. The topological polar surface area (TPSA) is 97.1 Å². The Kier molecular flexibility index (Phi) is 4.46. The second-order valence-electron chi connectivity index (χ2n) is 5.34. The van der Waals surface area contributed by atoms with Crippen molar-refractivity contribution >= 4 is 10.0 Å². The number of aromatic nitrogens is 3. The number of sulfonamides is 1. The first-order valence-corrected chi connectivity index (χ1v) is 7.51. The largest absolute Gasteiger partial charge is 0.386 e. The maximum absolute atomic E-state index is 10.9. The molecular weight excluding hydrogens is 256 g/mol. The molecule has 1 heterocycles. The highest BCUT2D eigenvalue weighted by Crippen LogP contribution is 2.30. The Bertz CT molecular complexity index is 489. The van der Waals surface area contributed by atoms with E-state index < -0.39 is 16.1 Å². The molecule has 0 radical (unpaired) electrons. The summed E-state index contributed by atoms with van der Waals surface area (Å²) in [5, 5.41) is 17.7. The molecule has 0 saturated carbocycles. The molecule has 1 aromatic heterocycles. The zero-order chi connectivity index (χ0) is 14.0. The Morgan fingerprint density at radius 1 is 1.50 bits per heavy atom. The molecule has 2 N–H and O–H groups in total. The van der Waals surface area contributed by atoms with Gasteiger partial charge in [-0.15, -0.1) is 5.10 Å². The summed E-state index contributed by atoms with van der Waals surface area (Å²) in [6, 6.07) is 0. The van der Waals surface area contributed by atoms with Crippen LogP contribution in [0.4, 0.5) is 0 Å². The number of hydrogen-bond acceptors (Lipinski definition) is 5. The minimum atomic E-state index is -3.19. The third-order valence-corrected chi connectivity index (χ3v) is 3.09. The van der Waals surface area contributed by atoms with Crippen LogP contribution in [-0.2, 0) is 16.6 Å². The fourth-order valence-corrected chi connectivity index (χ4v) is 1.80. The second kappa shape index (κ2) is 5.33. The van der Waals surface area contributed by atoms with E-state index in [-0.39, 0.29) is 12.0 Å². The molecule has 0 saturated heterocycles. The van der Waals surface area contributed by atoms with Crippen molar-refractivity contribution < 1.29 is 13.5 Å². The molecule has 1 atom stereocenters. The van der Waals surface area contributed by atoms with Crippen LogP contribution < -0.4 is 4.72 Å². The highest BCUT2D eigenvalue weighted by atomic mass is 32.2. The number of nitrogens with zero attached hydrogens (tertiary/aromatic N) is 3. The van der Waals surface area contributed by atoms with E-state index in [0.29, 0.717) is 12.2 Å². The van der Waals surface area contributed by atoms with Gasteiger partial charge in [0.1, 0.15) is 11.8 Å². The minimum absolute atomic E-state index is 0.243. The quantitative estimate of drug-likeness (QED) is 0.783. The summed E-state index contributed by atoms with van der Waals surface area (Å²) in [7, 11) is -3.19. The number of hydrogen-bond donors (Lipinski definition) is 2.